The summed E-state index contributed by atoms with van der Waals surface area (Å²) in [5, 5.41) is 0. The van der Waals surface area contributed by atoms with Crippen molar-refractivity contribution < 1.29 is 19.1 Å². The molecule has 2 rings (SSSR count). The van der Waals surface area contributed by atoms with Gasteiger partial charge >= 0.3 is 11.9 Å². The average Bonchev–Trinajstić information content (AvgIpc) is 2.62. The summed E-state index contributed by atoms with van der Waals surface area (Å²) >= 11 is 0. The van der Waals surface area contributed by atoms with Crippen molar-refractivity contribution >= 4 is 11.9 Å². The van der Waals surface area contributed by atoms with Gasteiger partial charge in [0.2, 0.25) is 0 Å². The molecule has 0 amide bonds. The van der Waals surface area contributed by atoms with Gasteiger partial charge in [-0.25, -0.2) is 0 Å². The van der Waals surface area contributed by atoms with Crippen LogP contribution in [0.3, 0.4) is 0 Å². The highest BCUT2D eigenvalue weighted by Crippen LogP contribution is 2.39. The van der Waals surface area contributed by atoms with Crippen molar-refractivity contribution in [2.24, 2.45) is 17.3 Å². The number of hydrogen-bond donors (Lipinski definition) is 0. The molecule has 2 aliphatic heterocycles. The minimum Gasteiger partial charge on any atom is -0.465 e. The van der Waals surface area contributed by atoms with Gasteiger partial charge in [0, 0.05) is 5.41 Å². The second-order valence-corrected chi connectivity index (χ2v) is 5.58. The Labute approximate surface area is 95.3 Å². The summed E-state index contributed by atoms with van der Waals surface area (Å²) in [6.45, 7) is 6.36. The molecule has 0 saturated carbocycles. The quantitative estimate of drug-likeness (QED) is 0.670. The van der Waals surface area contributed by atoms with Crippen LogP contribution in [-0.2, 0) is 19.1 Å². The Morgan fingerprint density at radius 3 is 2.44 bits per heavy atom. The van der Waals surface area contributed by atoms with E-state index in [-0.39, 0.29) is 35.3 Å². The molecule has 4 nitrogen and oxygen atoms in total. The van der Waals surface area contributed by atoms with E-state index in [4.69, 9.17) is 9.47 Å². The van der Waals surface area contributed by atoms with E-state index >= 15 is 0 Å². The normalized spacial score (nSPS) is 37.3. The van der Waals surface area contributed by atoms with Gasteiger partial charge in [-0.15, -0.1) is 0 Å². The number of ether oxygens (including phenoxy) is 2. The summed E-state index contributed by atoms with van der Waals surface area (Å²) in [5.41, 5.74) is -0.144. The van der Waals surface area contributed by atoms with E-state index in [0.29, 0.717) is 13.0 Å². The van der Waals surface area contributed by atoms with Gasteiger partial charge in [-0.1, -0.05) is 20.8 Å². The molecule has 0 aromatic rings. The summed E-state index contributed by atoms with van der Waals surface area (Å²) in [7, 11) is 0. The molecular weight excluding hydrogens is 208 g/mol. The molecule has 4 heteroatoms. The van der Waals surface area contributed by atoms with Gasteiger partial charge in [-0.2, -0.15) is 0 Å². The molecular formula is C12H18O4. The van der Waals surface area contributed by atoms with E-state index in [1.807, 2.05) is 20.8 Å². The zero-order valence-electron chi connectivity index (χ0n) is 9.99. The molecule has 2 heterocycles. The molecule has 3 atom stereocenters. The van der Waals surface area contributed by atoms with E-state index in [1.54, 1.807) is 0 Å². The number of cyclic esters (lactones) is 2. The van der Waals surface area contributed by atoms with Crippen LogP contribution in [0.5, 0.6) is 0 Å². The van der Waals surface area contributed by atoms with E-state index < -0.39 is 0 Å². The number of rotatable bonds is 2. The first-order valence-corrected chi connectivity index (χ1v) is 5.77. The van der Waals surface area contributed by atoms with Crippen LogP contribution in [0.2, 0.25) is 0 Å². The van der Waals surface area contributed by atoms with E-state index in [9.17, 15) is 9.59 Å². The number of carbonyl (C=O) groups excluding carboxylic acids is 2. The van der Waals surface area contributed by atoms with Crippen LogP contribution in [-0.4, -0.2) is 24.6 Å². The van der Waals surface area contributed by atoms with Crippen LogP contribution in [0.25, 0.3) is 0 Å². The second kappa shape index (κ2) is 3.75. The van der Waals surface area contributed by atoms with Gasteiger partial charge in [0.15, 0.2) is 0 Å². The molecule has 0 radical (unpaired) electrons. The van der Waals surface area contributed by atoms with E-state index in [2.05, 4.69) is 0 Å². The maximum Gasteiger partial charge on any atom is 0.309 e. The Morgan fingerprint density at radius 1 is 1.31 bits per heavy atom. The highest BCUT2D eigenvalue weighted by Gasteiger charge is 2.46. The van der Waals surface area contributed by atoms with Gasteiger partial charge in [0.05, 0.1) is 18.4 Å². The fourth-order valence-corrected chi connectivity index (χ4v) is 2.42. The maximum atomic E-state index is 11.6. The number of esters is 2. The molecule has 0 spiro atoms. The lowest BCUT2D eigenvalue weighted by Gasteiger charge is -2.23. The topological polar surface area (TPSA) is 52.6 Å². The lowest BCUT2D eigenvalue weighted by Crippen LogP contribution is -2.28. The molecule has 0 aromatic heterocycles. The van der Waals surface area contributed by atoms with Crippen molar-refractivity contribution in [1.82, 2.24) is 0 Å². The van der Waals surface area contributed by atoms with Crippen LogP contribution in [0.1, 0.15) is 33.6 Å². The summed E-state index contributed by atoms with van der Waals surface area (Å²) in [6.07, 6.45) is 1.21. The van der Waals surface area contributed by atoms with E-state index in [0.717, 1.165) is 6.42 Å². The lowest BCUT2D eigenvalue weighted by molar-refractivity contribution is -0.147. The first-order chi connectivity index (χ1) is 7.40. The van der Waals surface area contributed by atoms with Gasteiger partial charge in [0.1, 0.15) is 6.10 Å². The molecule has 2 aliphatic rings. The second-order valence-electron chi connectivity index (χ2n) is 5.58. The summed E-state index contributed by atoms with van der Waals surface area (Å²) in [4.78, 5) is 22.8. The number of hydrogen-bond acceptors (Lipinski definition) is 4. The van der Waals surface area contributed by atoms with Gasteiger partial charge < -0.3 is 9.47 Å². The van der Waals surface area contributed by atoms with E-state index in [1.165, 1.54) is 0 Å². The smallest absolute Gasteiger partial charge is 0.309 e. The predicted molar refractivity (Wildman–Crippen MR) is 56.5 cm³/mol. The Morgan fingerprint density at radius 2 is 2.00 bits per heavy atom. The van der Waals surface area contributed by atoms with Crippen LogP contribution in [0.4, 0.5) is 0 Å². The fourth-order valence-electron chi connectivity index (χ4n) is 2.42. The Kier molecular flexibility index (Phi) is 2.68. The monoisotopic (exact) mass is 226 g/mol. The zero-order chi connectivity index (χ0) is 11.9. The molecule has 16 heavy (non-hydrogen) atoms. The molecule has 0 bridgehead atoms. The average molecular weight is 226 g/mol. The highest BCUT2D eigenvalue weighted by molar-refractivity contribution is 5.76. The molecule has 2 fully saturated rings. The third-order valence-corrected chi connectivity index (χ3v) is 3.61. The third kappa shape index (κ3) is 1.93. The Hall–Kier alpha value is -1.06. The summed E-state index contributed by atoms with van der Waals surface area (Å²) < 4.78 is 10.3. The van der Waals surface area contributed by atoms with Crippen LogP contribution >= 0.6 is 0 Å². The lowest BCUT2D eigenvalue weighted by atomic mass is 9.78. The molecule has 90 valence electrons. The van der Waals surface area contributed by atoms with Crippen molar-refractivity contribution in [2.45, 2.75) is 39.7 Å². The van der Waals surface area contributed by atoms with Crippen LogP contribution in [0.15, 0.2) is 0 Å². The first-order valence-electron chi connectivity index (χ1n) is 5.77. The largest absolute Gasteiger partial charge is 0.465 e. The zero-order valence-corrected chi connectivity index (χ0v) is 9.99. The van der Waals surface area contributed by atoms with Crippen molar-refractivity contribution in [3.63, 3.8) is 0 Å². The maximum absolute atomic E-state index is 11.6. The standard InChI is InChI=1S/C12H18O4/c1-7-4-8(16-10(7)13)5-9-11(14)15-6-12(9,2)3/h7-9H,4-6H2,1-3H3. The fraction of sp³-hybridized carbons (Fsp3) is 0.833. The molecule has 3 unspecified atom stereocenters. The van der Waals surface area contributed by atoms with Gasteiger partial charge in [-0.05, 0) is 12.8 Å². The minimum absolute atomic E-state index is 0.0365. The summed E-state index contributed by atoms with van der Waals surface area (Å²) in [5.74, 6) is -0.476. The first kappa shape index (κ1) is 11.4. The SMILES string of the molecule is CC1CC(CC2C(=O)OCC2(C)C)OC1=O. The van der Waals surface area contributed by atoms with Gasteiger partial charge in [0.25, 0.3) is 0 Å². The molecule has 2 saturated heterocycles. The van der Waals surface area contributed by atoms with Crippen molar-refractivity contribution in [2.75, 3.05) is 6.61 Å². The Balaban J connectivity index is 2.00. The van der Waals surface area contributed by atoms with Crippen LogP contribution < -0.4 is 0 Å². The van der Waals surface area contributed by atoms with Gasteiger partial charge in [-0.3, -0.25) is 9.59 Å². The Bertz CT molecular complexity index is 321. The van der Waals surface area contributed by atoms with Crippen molar-refractivity contribution in [3.05, 3.63) is 0 Å². The minimum atomic E-state index is -0.152. The molecule has 0 aromatic carbocycles. The van der Waals surface area contributed by atoms with Crippen molar-refractivity contribution in [1.29, 1.82) is 0 Å². The highest BCUT2D eigenvalue weighted by atomic mass is 16.6. The third-order valence-electron chi connectivity index (χ3n) is 3.61. The predicted octanol–water partition coefficient (Wildman–Crippen LogP) is 1.53. The molecule has 0 N–H and O–H groups in total. The van der Waals surface area contributed by atoms with Crippen LogP contribution in [0, 0.1) is 17.3 Å². The molecule has 0 aliphatic carbocycles. The van der Waals surface area contributed by atoms with Crippen molar-refractivity contribution in [3.8, 4) is 0 Å². The number of carbonyl (C=O) groups is 2. The summed E-state index contributed by atoms with van der Waals surface area (Å²) in [6, 6.07) is 0.